The lowest BCUT2D eigenvalue weighted by atomic mass is 10.1. The molecule has 1 N–H and O–H groups in total. The number of Topliss-reactive ketones (excluding diaryl/α,β-unsaturated/α-hetero) is 1. The zero-order valence-electron chi connectivity index (χ0n) is 15.5. The fourth-order valence-electron chi connectivity index (χ4n) is 2.32. The van der Waals surface area contributed by atoms with Crippen molar-refractivity contribution in [3.63, 3.8) is 0 Å². The van der Waals surface area contributed by atoms with E-state index in [-0.39, 0.29) is 24.2 Å². The van der Waals surface area contributed by atoms with Crippen LogP contribution >= 0.6 is 0 Å². The number of ether oxygens (including phenoxy) is 1. The Hall–Kier alpha value is -3.21. The number of esters is 1. The number of rotatable bonds is 8. The fourth-order valence-corrected chi connectivity index (χ4v) is 2.32. The highest BCUT2D eigenvalue weighted by Gasteiger charge is 2.10. The van der Waals surface area contributed by atoms with Gasteiger partial charge in [0, 0.05) is 23.7 Å². The van der Waals surface area contributed by atoms with Crippen molar-refractivity contribution in [2.24, 2.45) is 5.92 Å². The minimum absolute atomic E-state index is 0.0665. The van der Waals surface area contributed by atoms with Crippen LogP contribution in [0.5, 0.6) is 0 Å². The number of amides is 1. The van der Waals surface area contributed by atoms with Crippen LogP contribution in [0.4, 0.5) is 5.69 Å². The number of hydrogen-bond acceptors (Lipinski definition) is 4. The quantitative estimate of drug-likeness (QED) is 0.434. The van der Waals surface area contributed by atoms with Crippen LogP contribution in [0.2, 0.25) is 0 Å². The lowest BCUT2D eigenvalue weighted by Gasteiger charge is -2.08. The number of ketones is 1. The van der Waals surface area contributed by atoms with Crippen LogP contribution in [-0.2, 0) is 14.3 Å². The molecule has 0 aromatic heterocycles. The van der Waals surface area contributed by atoms with Gasteiger partial charge in [-0.2, -0.15) is 0 Å². The van der Waals surface area contributed by atoms with E-state index in [1.165, 1.54) is 6.08 Å². The first-order chi connectivity index (χ1) is 12.9. The molecule has 0 bridgehead atoms. The van der Waals surface area contributed by atoms with Crippen LogP contribution < -0.4 is 5.32 Å². The number of nitrogens with one attached hydrogen (secondary N) is 1. The summed E-state index contributed by atoms with van der Waals surface area (Å²) in [7, 11) is 0. The van der Waals surface area contributed by atoms with Crippen molar-refractivity contribution in [2.75, 3.05) is 11.9 Å². The number of hydrogen-bond donors (Lipinski definition) is 1. The second-order valence-corrected chi connectivity index (χ2v) is 6.50. The Morgan fingerprint density at radius 2 is 1.67 bits per heavy atom. The summed E-state index contributed by atoms with van der Waals surface area (Å²) in [6, 6.07) is 15.8. The predicted octanol–water partition coefficient (Wildman–Crippen LogP) is 4.11. The summed E-state index contributed by atoms with van der Waals surface area (Å²) in [5.74, 6) is -0.680. The summed E-state index contributed by atoms with van der Waals surface area (Å²) >= 11 is 0. The van der Waals surface area contributed by atoms with Crippen LogP contribution in [-0.4, -0.2) is 24.3 Å². The summed E-state index contributed by atoms with van der Waals surface area (Å²) < 4.78 is 4.97. The van der Waals surface area contributed by atoms with Crippen LogP contribution in [0.15, 0.2) is 60.7 Å². The molecule has 140 valence electrons. The van der Waals surface area contributed by atoms with Crippen LogP contribution in [0.3, 0.4) is 0 Å². The molecule has 2 aromatic rings. The molecule has 0 saturated heterocycles. The molecule has 27 heavy (non-hydrogen) atoms. The van der Waals surface area contributed by atoms with Crippen molar-refractivity contribution < 1.29 is 19.1 Å². The van der Waals surface area contributed by atoms with E-state index in [9.17, 15) is 14.4 Å². The molecule has 0 saturated carbocycles. The summed E-state index contributed by atoms with van der Waals surface area (Å²) in [6.07, 6.45) is 3.35. The van der Waals surface area contributed by atoms with Crippen LogP contribution in [0.25, 0.3) is 6.08 Å². The lowest BCUT2D eigenvalue weighted by Crippen LogP contribution is -2.14. The Kier molecular flexibility index (Phi) is 7.49. The molecule has 0 aliphatic heterocycles. The van der Waals surface area contributed by atoms with E-state index < -0.39 is 5.97 Å². The predicted molar refractivity (Wildman–Crippen MR) is 105 cm³/mol. The van der Waals surface area contributed by atoms with E-state index in [2.05, 4.69) is 5.32 Å². The normalized spacial score (nSPS) is 10.8. The van der Waals surface area contributed by atoms with Gasteiger partial charge >= 0.3 is 5.97 Å². The van der Waals surface area contributed by atoms with Crippen molar-refractivity contribution in [2.45, 2.75) is 20.3 Å². The zero-order chi connectivity index (χ0) is 19.6. The molecule has 0 aliphatic rings. The third-order valence-electron chi connectivity index (χ3n) is 3.64. The van der Waals surface area contributed by atoms with Crippen molar-refractivity contribution in [3.8, 4) is 0 Å². The Bertz CT molecular complexity index is 808. The smallest absolute Gasteiger partial charge is 0.331 e. The minimum Gasteiger partial charge on any atom is -0.454 e. The van der Waals surface area contributed by atoms with Crippen molar-refractivity contribution in [3.05, 3.63) is 71.8 Å². The van der Waals surface area contributed by atoms with E-state index >= 15 is 0 Å². The van der Waals surface area contributed by atoms with Gasteiger partial charge in [-0.15, -0.1) is 0 Å². The van der Waals surface area contributed by atoms with Gasteiger partial charge in [0.1, 0.15) is 0 Å². The molecule has 0 radical (unpaired) electrons. The van der Waals surface area contributed by atoms with E-state index in [4.69, 9.17) is 4.74 Å². The standard InChI is InChI=1S/C22H23NO4/c1-16(2)14-21(25)23-19-11-9-18(10-12-19)20(24)15-27-22(26)13-8-17-6-4-3-5-7-17/h3-13,16H,14-15H2,1-2H3,(H,23,25)/b13-8+. The van der Waals surface area contributed by atoms with Gasteiger partial charge in [-0.05, 0) is 41.8 Å². The first-order valence-corrected chi connectivity index (χ1v) is 8.77. The van der Waals surface area contributed by atoms with Gasteiger partial charge < -0.3 is 10.1 Å². The molecule has 2 aromatic carbocycles. The summed E-state index contributed by atoms with van der Waals surface area (Å²) in [5, 5.41) is 2.78. The maximum Gasteiger partial charge on any atom is 0.331 e. The molecule has 0 fully saturated rings. The van der Waals surface area contributed by atoms with Gasteiger partial charge in [-0.25, -0.2) is 4.79 Å². The number of benzene rings is 2. The van der Waals surface area contributed by atoms with E-state index in [1.54, 1.807) is 30.3 Å². The van der Waals surface area contributed by atoms with Crippen molar-refractivity contribution in [1.29, 1.82) is 0 Å². The van der Waals surface area contributed by atoms with Crippen molar-refractivity contribution >= 4 is 29.4 Å². The Balaban J connectivity index is 1.82. The average molecular weight is 365 g/mol. The Labute approximate surface area is 159 Å². The molecule has 0 spiro atoms. The van der Waals surface area contributed by atoms with Gasteiger partial charge in [-0.1, -0.05) is 44.2 Å². The molecule has 0 unspecified atom stereocenters. The number of carbonyl (C=O) groups is 3. The fraction of sp³-hybridized carbons (Fsp3) is 0.227. The molecule has 5 nitrogen and oxygen atoms in total. The van der Waals surface area contributed by atoms with Gasteiger partial charge in [0.2, 0.25) is 5.91 Å². The second-order valence-electron chi connectivity index (χ2n) is 6.50. The molecule has 0 heterocycles. The maximum atomic E-state index is 12.1. The average Bonchev–Trinajstić information content (AvgIpc) is 2.65. The molecule has 2 rings (SSSR count). The van der Waals surface area contributed by atoms with Gasteiger partial charge in [-0.3, -0.25) is 9.59 Å². The van der Waals surface area contributed by atoms with Gasteiger partial charge in [0.05, 0.1) is 0 Å². The lowest BCUT2D eigenvalue weighted by molar-refractivity contribution is -0.136. The Morgan fingerprint density at radius 3 is 2.30 bits per heavy atom. The third kappa shape index (κ3) is 7.28. The monoisotopic (exact) mass is 365 g/mol. The third-order valence-corrected chi connectivity index (χ3v) is 3.64. The molecule has 0 atom stereocenters. The highest BCUT2D eigenvalue weighted by Crippen LogP contribution is 2.12. The first-order valence-electron chi connectivity index (χ1n) is 8.77. The van der Waals surface area contributed by atoms with Gasteiger partial charge in [0.15, 0.2) is 12.4 Å². The first kappa shape index (κ1) is 20.1. The summed E-state index contributed by atoms with van der Waals surface area (Å²) in [6.45, 7) is 3.60. The molecule has 5 heteroatoms. The van der Waals surface area contributed by atoms with Crippen LogP contribution in [0, 0.1) is 5.92 Å². The maximum absolute atomic E-state index is 12.1. The largest absolute Gasteiger partial charge is 0.454 e. The highest BCUT2D eigenvalue weighted by atomic mass is 16.5. The summed E-state index contributed by atoms with van der Waals surface area (Å²) in [5.41, 5.74) is 1.91. The Morgan fingerprint density at radius 1 is 1.00 bits per heavy atom. The van der Waals surface area contributed by atoms with Crippen molar-refractivity contribution in [1.82, 2.24) is 0 Å². The van der Waals surface area contributed by atoms with Crippen LogP contribution in [0.1, 0.15) is 36.2 Å². The molecular formula is C22H23NO4. The molecule has 0 aliphatic carbocycles. The zero-order valence-corrected chi connectivity index (χ0v) is 15.5. The molecular weight excluding hydrogens is 342 g/mol. The van der Waals surface area contributed by atoms with E-state index in [1.807, 2.05) is 44.2 Å². The van der Waals surface area contributed by atoms with E-state index in [0.717, 1.165) is 5.56 Å². The molecule has 1 amide bonds. The summed E-state index contributed by atoms with van der Waals surface area (Å²) in [4.78, 5) is 35.6. The highest BCUT2D eigenvalue weighted by molar-refractivity contribution is 5.99. The number of carbonyl (C=O) groups excluding carboxylic acids is 3. The SMILES string of the molecule is CC(C)CC(=O)Nc1ccc(C(=O)COC(=O)/C=C/c2ccccc2)cc1. The van der Waals surface area contributed by atoms with Gasteiger partial charge in [0.25, 0.3) is 0 Å². The topological polar surface area (TPSA) is 72.5 Å². The van der Waals surface area contributed by atoms with E-state index in [0.29, 0.717) is 17.7 Å². The number of anilines is 1. The second kappa shape index (κ2) is 10.1. The minimum atomic E-state index is -0.579.